The van der Waals surface area contributed by atoms with Crippen LogP contribution in [0.1, 0.15) is 41.2 Å². The molecule has 1 atom stereocenters. The van der Waals surface area contributed by atoms with E-state index < -0.39 is 38.9 Å². The van der Waals surface area contributed by atoms with Crippen molar-refractivity contribution in [2.24, 2.45) is 0 Å². The van der Waals surface area contributed by atoms with Crippen molar-refractivity contribution in [3.8, 4) is 0 Å². The van der Waals surface area contributed by atoms with Gasteiger partial charge in [0.2, 0.25) is 10.0 Å². The fourth-order valence-electron chi connectivity index (χ4n) is 3.30. The summed E-state index contributed by atoms with van der Waals surface area (Å²) in [6.45, 7) is 0.449. The van der Waals surface area contributed by atoms with Gasteiger partial charge < -0.3 is 5.32 Å². The van der Waals surface area contributed by atoms with E-state index in [1.807, 2.05) is 5.32 Å². The smallest absolute Gasteiger partial charge is 0.337 e. The lowest BCUT2D eigenvalue weighted by Gasteiger charge is -2.26. The van der Waals surface area contributed by atoms with Crippen LogP contribution < -0.4 is 5.32 Å². The summed E-state index contributed by atoms with van der Waals surface area (Å²) in [5.74, 6) is -2.22. The zero-order valence-corrected chi connectivity index (χ0v) is 16.6. The molecule has 30 heavy (non-hydrogen) atoms. The van der Waals surface area contributed by atoms with E-state index in [4.69, 9.17) is 0 Å². The molecule has 0 radical (unpaired) electrons. The minimum atomic E-state index is -4.78. The molecule has 0 bridgehead atoms. The number of nitrogens with one attached hydrogen (secondary N) is 1. The Bertz CT molecular complexity index is 1000. The first kappa shape index (κ1) is 22.2. The zero-order chi connectivity index (χ0) is 21.9. The quantitative estimate of drug-likeness (QED) is 0.708. The zero-order valence-electron chi connectivity index (χ0n) is 15.8. The number of alkyl halides is 3. The predicted molar refractivity (Wildman–Crippen MR) is 102 cm³/mol. The molecule has 2 aromatic rings. The van der Waals surface area contributed by atoms with Gasteiger partial charge in [-0.1, -0.05) is 36.8 Å². The van der Waals surface area contributed by atoms with Crippen LogP contribution in [0.4, 0.5) is 17.6 Å². The molecule has 1 aliphatic heterocycles. The summed E-state index contributed by atoms with van der Waals surface area (Å²) >= 11 is 0. The minimum Gasteiger partial charge on any atom is -0.337 e. The third-order valence-corrected chi connectivity index (χ3v) is 6.78. The molecule has 2 aromatic carbocycles. The van der Waals surface area contributed by atoms with Crippen molar-refractivity contribution in [1.29, 1.82) is 0 Å². The normalized spacial score (nSPS) is 16.8. The van der Waals surface area contributed by atoms with Crippen LogP contribution in [0.5, 0.6) is 0 Å². The number of halogens is 4. The second-order valence-corrected chi connectivity index (χ2v) is 8.88. The third kappa shape index (κ3) is 4.81. The van der Waals surface area contributed by atoms with Gasteiger partial charge in [0.05, 0.1) is 0 Å². The third-order valence-electron chi connectivity index (χ3n) is 4.86. The molecule has 1 fully saturated rings. The first-order valence-electron chi connectivity index (χ1n) is 9.33. The molecule has 0 spiro atoms. The summed E-state index contributed by atoms with van der Waals surface area (Å²) in [6, 6.07) is 7.00. The summed E-state index contributed by atoms with van der Waals surface area (Å²) in [5.41, 5.74) is -0.557. The lowest BCUT2D eigenvalue weighted by molar-refractivity contribution is -0.155. The average Bonchev–Trinajstić information content (AvgIpc) is 2.72. The lowest BCUT2D eigenvalue weighted by Crippen LogP contribution is -2.38. The molecule has 0 aromatic heterocycles. The number of hydrogen-bond acceptors (Lipinski definition) is 3. The molecule has 1 unspecified atom stereocenters. The van der Waals surface area contributed by atoms with Crippen molar-refractivity contribution in [3.05, 3.63) is 65.5 Å². The van der Waals surface area contributed by atoms with E-state index in [0.29, 0.717) is 12.8 Å². The first-order valence-corrected chi connectivity index (χ1v) is 10.8. The van der Waals surface area contributed by atoms with Gasteiger partial charge in [0.25, 0.3) is 5.91 Å². The van der Waals surface area contributed by atoms with Gasteiger partial charge in [0, 0.05) is 18.7 Å². The highest BCUT2D eigenvalue weighted by atomic mass is 32.2. The Kier molecular flexibility index (Phi) is 6.47. The lowest BCUT2D eigenvalue weighted by atomic mass is 10.1. The van der Waals surface area contributed by atoms with Crippen LogP contribution in [0.2, 0.25) is 0 Å². The molecule has 1 N–H and O–H groups in total. The SMILES string of the molecule is O=C(NC(c1ccccc1)C(F)(F)F)c1ccc(F)c(S(=O)(=O)N2CCCCC2)c1. The van der Waals surface area contributed by atoms with Crippen molar-refractivity contribution in [2.75, 3.05) is 13.1 Å². The molecule has 1 amide bonds. The number of rotatable bonds is 5. The van der Waals surface area contributed by atoms with Crippen LogP contribution in [-0.2, 0) is 10.0 Å². The fraction of sp³-hybridized carbons (Fsp3) is 0.350. The molecule has 1 saturated heterocycles. The Morgan fingerprint density at radius 1 is 1.00 bits per heavy atom. The Hall–Kier alpha value is -2.46. The molecule has 3 rings (SSSR count). The Morgan fingerprint density at radius 2 is 1.63 bits per heavy atom. The molecular formula is C20H20F4N2O3S. The maximum Gasteiger partial charge on any atom is 0.412 e. The highest BCUT2D eigenvalue weighted by Crippen LogP contribution is 2.33. The number of nitrogens with zero attached hydrogens (tertiary/aromatic N) is 1. The molecule has 0 aliphatic carbocycles. The molecule has 10 heteroatoms. The van der Waals surface area contributed by atoms with Crippen LogP contribution in [0.3, 0.4) is 0 Å². The topological polar surface area (TPSA) is 66.5 Å². The van der Waals surface area contributed by atoms with Gasteiger partial charge in [-0.25, -0.2) is 12.8 Å². The standard InChI is InChI=1S/C20H20F4N2O3S/c21-16-10-9-15(13-17(16)30(28,29)26-11-5-2-6-12-26)19(27)25-18(20(22,23)24)14-7-3-1-4-8-14/h1,3-4,7-10,13,18H,2,5-6,11-12H2,(H,25,27). The first-order chi connectivity index (χ1) is 14.1. The monoisotopic (exact) mass is 444 g/mol. The van der Waals surface area contributed by atoms with E-state index >= 15 is 0 Å². The number of carbonyl (C=O) groups excluding carboxylic acids is 1. The van der Waals surface area contributed by atoms with E-state index in [1.165, 1.54) is 30.3 Å². The van der Waals surface area contributed by atoms with Gasteiger partial charge in [-0.05, 0) is 36.6 Å². The molecule has 5 nitrogen and oxygen atoms in total. The molecular weight excluding hydrogens is 424 g/mol. The van der Waals surface area contributed by atoms with Crippen molar-refractivity contribution >= 4 is 15.9 Å². The second kappa shape index (κ2) is 8.73. The number of piperidine rings is 1. The van der Waals surface area contributed by atoms with E-state index in [1.54, 1.807) is 0 Å². The largest absolute Gasteiger partial charge is 0.412 e. The summed E-state index contributed by atoms with van der Waals surface area (Å²) < 4.78 is 81.4. The Morgan fingerprint density at radius 3 is 2.23 bits per heavy atom. The van der Waals surface area contributed by atoms with Gasteiger partial charge >= 0.3 is 6.18 Å². The Balaban J connectivity index is 1.90. The van der Waals surface area contributed by atoms with Crippen molar-refractivity contribution in [3.63, 3.8) is 0 Å². The van der Waals surface area contributed by atoms with Crippen LogP contribution in [0.15, 0.2) is 53.4 Å². The Labute approximate surface area is 171 Å². The van der Waals surface area contributed by atoms with Crippen LogP contribution >= 0.6 is 0 Å². The van der Waals surface area contributed by atoms with Crippen molar-refractivity contribution in [1.82, 2.24) is 9.62 Å². The summed E-state index contributed by atoms with van der Waals surface area (Å²) in [5, 5.41) is 1.87. The maximum atomic E-state index is 14.3. The number of benzene rings is 2. The highest BCUT2D eigenvalue weighted by molar-refractivity contribution is 7.89. The minimum absolute atomic E-state index is 0.179. The fourth-order valence-corrected chi connectivity index (χ4v) is 4.91. The van der Waals surface area contributed by atoms with Crippen molar-refractivity contribution < 1.29 is 30.8 Å². The van der Waals surface area contributed by atoms with Gasteiger partial charge in [0.15, 0.2) is 6.04 Å². The van der Waals surface area contributed by atoms with E-state index in [9.17, 15) is 30.8 Å². The van der Waals surface area contributed by atoms with Crippen molar-refractivity contribution in [2.45, 2.75) is 36.4 Å². The average molecular weight is 444 g/mol. The number of sulfonamides is 1. The second-order valence-electron chi connectivity index (χ2n) is 6.97. The van der Waals surface area contributed by atoms with Crippen LogP contribution in [0, 0.1) is 5.82 Å². The molecule has 0 saturated carbocycles. The number of hydrogen-bond donors (Lipinski definition) is 1. The summed E-state index contributed by atoms with van der Waals surface area (Å²) in [6.07, 6.45) is -2.66. The van der Waals surface area contributed by atoms with E-state index in [0.717, 1.165) is 28.9 Å². The van der Waals surface area contributed by atoms with Gasteiger partial charge in [0.1, 0.15) is 10.7 Å². The molecule has 1 heterocycles. The molecule has 1 aliphatic rings. The van der Waals surface area contributed by atoms with Crippen LogP contribution in [-0.4, -0.2) is 37.9 Å². The molecule has 162 valence electrons. The maximum absolute atomic E-state index is 14.3. The van der Waals surface area contributed by atoms with Gasteiger partial charge in [-0.3, -0.25) is 4.79 Å². The highest BCUT2D eigenvalue weighted by Gasteiger charge is 2.42. The predicted octanol–water partition coefficient (Wildman–Crippen LogP) is 4.03. The van der Waals surface area contributed by atoms with Crippen LogP contribution in [0.25, 0.3) is 0 Å². The van der Waals surface area contributed by atoms with Gasteiger partial charge in [-0.2, -0.15) is 17.5 Å². The summed E-state index contributed by atoms with van der Waals surface area (Å²) in [4.78, 5) is 11.8. The van der Waals surface area contributed by atoms with Gasteiger partial charge in [-0.15, -0.1) is 0 Å². The number of carbonyl (C=O) groups is 1. The number of amides is 1. The summed E-state index contributed by atoms with van der Waals surface area (Å²) in [7, 11) is -4.20. The van der Waals surface area contributed by atoms with E-state index in [2.05, 4.69) is 0 Å². The van der Waals surface area contributed by atoms with E-state index in [-0.39, 0.29) is 24.2 Å².